The third-order valence-corrected chi connectivity index (χ3v) is 4.17. The fourth-order valence-corrected chi connectivity index (χ4v) is 2.83. The SMILES string of the molecule is COc1ccc(C(CN)c2cc(-c3ccc(F)cc3)nn2C)cc1. The lowest BCUT2D eigenvalue weighted by molar-refractivity contribution is 0.414. The lowest BCUT2D eigenvalue weighted by atomic mass is 9.95. The van der Waals surface area contributed by atoms with Crippen molar-refractivity contribution in [3.05, 3.63) is 71.7 Å². The fourth-order valence-electron chi connectivity index (χ4n) is 2.83. The van der Waals surface area contributed by atoms with Crippen molar-refractivity contribution >= 4 is 0 Å². The number of rotatable bonds is 5. The van der Waals surface area contributed by atoms with Gasteiger partial charge in [0.05, 0.1) is 12.8 Å². The largest absolute Gasteiger partial charge is 0.497 e. The number of hydrogen-bond acceptors (Lipinski definition) is 3. The number of methoxy groups -OCH3 is 1. The molecular formula is C19H20FN3O. The predicted octanol–water partition coefficient (Wildman–Crippen LogP) is 3.33. The van der Waals surface area contributed by atoms with Gasteiger partial charge in [-0.2, -0.15) is 5.10 Å². The van der Waals surface area contributed by atoms with E-state index < -0.39 is 0 Å². The molecule has 0 radical (unpaired) electrons. The van der Waals surface area contributed by atoms with E-state index in [0.29, 0.717) is 6.54 Å². The van der Waals surface area contributed by atoms with E-state index in [9.17, 15) is 4.39 Å². The van der Waals surface area contributed by atoms with Crippen molar-refractivity contribution in [2.45, 2.75) is 5.92 Å². The zero-order chi connectivity index (χ0) is 17.1. The molecule has 0 aliphatic rings. The molecule has 0 amide bonds. The van der Waals surface area contributed by atoms with Gasteiger partial charge in [-0.3, -0.25) is 4.68 Å². The van der Waals surface area contributed by atoms with Crippen molar-refractivity contribution < 1.29 is 9.13 Å². The third kappa shape index (κ3) is 3.16. The first-order chi connectivity index (χ1) is 11.6. The van der Waals surface area contributed by atoms with Crippen molar-refractivity contribution in [2.75, 3.05) is 13.7 Å². The molecule has 0 aliphatic carbocycles. The summed E-state index contributed by atoms with van der Waals surface area (Å²) in [6, 6.07) is 16.2. The van der Waals surface area contributed by atoms with Crippen LogP contribution in [0.3, 0.4) is 0 Å². The van der Waals surface area contributed by atoms with Gasteiger partial charge in [-0.15, -0.1) is 0 Å². The van der Waals surface area contributed by atoms with Crippen LogP contribution in [-0.4, -0.2) is 23.4 Å². The maximum absolute atomic E-state index is 13.1. The second kappa shape index (κ2) is 6.84. The molecule has 24 heavy (non-hydrogen) atoms. The van der Waals surface area contributed by atoms with Crippen LogP contribution in [0.25, 0.3) is 11.3 Å². The summed E-state index contributed by atoms with van der Waals surface area (Å²) in [6.45, 7) is 0.467. The minimum absolute atomic E-state index is 0.0302. The summed E-state index contributed by atoms with van der Waals surface area (Å²) in [5.41, 5.74) is 9.83. The molecule has 1 aromatic heterocycles. The Morgan fingerprint density at radius 1 is 1.12 bits per heavy atom. The quantitative estimate of drug-likeness (QED) is 0.783. The molecule has 0 saturated heterocycles. The highest BCUT2D eigenvalue weighted by atomic mass is 19.1. The van der Waals surface area contributed by atoms with E-state index in [2.05, 4.69) is 5.10 Å². The van der Waals surface area contributed by atoms with Gasteiger partial charge in [0.25, 0.3) is 0 Å². The van der Waals surface area contributed by atoms with Gasteiger partial charge in [0.1, 0.15) is 11.6 Å². The molecule has 0 fully saturated rings. The highest BCUT2D eigenvalue weighted by Gasteiger charge is 2.18. The normalized spacial score (nSPS) is 12.2. The summed E-state index contributed by atoms with van der Waals surface area (Å²) in [5, 5.41) is 4.55. The number of benzene rings is 2. The summed E-state index contributed by atoms with van der Waals surface area (Å²) < 4.78 is 20.1. The topological polar surface area (TPSA) is 53.1 Å². The molecule has 1 heterocycles. The Bertz CT molecular complexity index is 810. The second-order valence-corrected chi connectivity index (χ2v) is 5.65. The van der Waals surface area contributed by atoms with Gasteiger partial charge in [0, 0.05) is 30.8 Å². The van der Waals surface area contributed by atoms with Gasteiger partial charge in [-0.25, -0.2) is 4.39 Å². The minimum atomic E-state index is -0.257. The van der Waals surface area contributed by atoms with Crippen molar-refractivity contribution in [3.63, 3.8) is 0 Å². The van der Waals surface area contributed by atoms with Crippen LogP contribution in [-0.2, 0) is 7.05 Å². The molecular weight excluding hydrogens is 305 g/mol. The Morgan fingerprint density at radius 2 is 1.79 bits per heavy atom. The number of ether oxygens (including phenoxy) is 1. The lowest BCUT2D eigenvalue weighted by Crippen LogP contribution is -2.17. The predicted molar refractivity (Wildman–Crippen MR) is 92.5 cm³/mol. The van der Waals surface area contributed by atoms with Crippen molar-refractivity contribution in [2.24, 2.45) is 12.8 Å². The molecule has 5 heteroatoms. The molecule has 0 saturated carbocycles. The fraction of sp³-hybridized carbons (Fsp3) is 0.211. The molecule has 2 N–H and O–H groups in total. The minimum Gasteiger partial charge on any atom is -0.497 e. The van der Waals surface area contributed by atoms with E-state index in [1.165, 1.54) is 12.1 Å². The molecule has 1 atom stereocenters. The molecule has 4 nitrogen and oxygen atoms in total. The lowest BCUT2D eigenvalue weighted by Gasteiger charge is -2.16. The van der Waals surface area contributed by atoms with Crippen LogP contribution in [0.5, 0.6) is 5.75 Å². The maximum Gasteiger partial charge on any atom is 0.123 e. The first-order valence-electron chi connectivity index (χ1n) is 7.76. The van der Waals surface area contributed by atoms with Crippen LogP contribution < -0.4 is 10.5 Å². The molecule has 1 unspecified atom stereocenters. The molecule has 0 bridgehead atoms. The third-order valence-electron chi connectivity index (χ3n) is 4.17. The number of nitrogens with two attached hydrogens (primary N) is 1. The van der Waals surface area contributed by atoms with Gasteiger partial charge in [-0.1, -0.05) is 12.1 Å². The first kappa shape index (κ1) is 16.2. The summed E-state index contributed by atoms with van der Waals surface area (Å²) in [6.07, 6.45) is 0. The van der Waals surface area contributed by atoms with Crippen molar-refractivity contribution in [1.29, 1.82) is 0 Å². The molecule has 0 aliphatic heterocycles. The van der Waals surface area contributed by atoms with E-state index >= 15 is 0 Å². The van der Waals surface area contributed by atoms with E-state index in [0.717, 1.165) is 28.3 Å². The first-order valence-corrected chi connectivity index (χ1v) is 7.76. The van der Waals surface area contributed by atoms with E-state index in [1.54, 1.807) is 19.2 Å². The summed E-state index contributed by atoms with van der Waals surface area (Å²) in [7, 11) is 3.54. The molecule has 0 spiro atoms. The number of nitrogens with zero attached hydrogens (tertiary/aromatic N) is 2. The summed E-state index contributed by atoms with van der Waals surface area (Å²) in [4.78, 5) is 0. The van der Waals surface area contributed by atoms with Crippen LogP contribution in [0.1, 0.15) is 17.2 Å². The monoisotopic (exact) mass is 325 g/mol. The van der Waals surface area contributed by atoms with E-state index in [1.807, 2.05) is 42.1 Å². The number of aryl methyl sites for hydroxylation is 1. The molecule has 3 rings (SSSR count). The zero-order valence-electron chi connectivity index (χ0n) is 13.7. The summed E-state index contributed by atoms with van der Waals surface area (Å²) >= 11 is 0. The van der Waals surface area contributed by atoms with Crippen molar-refractivity contribution in [3.8, 4) is 17.0 Å². The van der Waals surface area contributed by atoms with Gasteiger partial charge in [0.15, 0.2) is 0 Å². The van der Waals surface area contributed by atoms with Crippen LogP contribution in [0.2, 0.25) is 0 Å². The van der Waals surface area contributed by atoms with Crippen LogP contribution in [0.4, 0.5) is 4.39 Å². The average Bonchev–Trinajstić information content (AvgIpc) is 2.98. The van der Waals surface area contributed by atoms with Crippen LogP contribution in [0.15, 0.2) is 54.6 Å². The average molecular weight is 325 g/mol. The number of aromatic nitrogens is 2. The Morgan fingerprint density at radius 3 is 2.38 bits per heavy atom. The summed E-state index contributed by atoms with van der Waals surface area (Å²) in [5.74, 6) is 0.585. The number of halogens is 1. The van der Waals surface area contributed by atoms with Gasteiger partial charge in [0.2, 0.25) is 0 Å². The Labute approximate surface area is 140 Å². The number of hydrogen-bond donors (Lipinski definition) is 1. The smallest absolute Gasteiger partial charge is 0.123 e. The second-order valence-electron chi connectivity index (χ2n) is 5.65. The van der Waals surface area contributed by atoms with Gasteiger partial charge in [-0.05, 0) is 48.0 Å². The van der Waals surface area contributed by atoms with E-state index in [-0.39, 0.29) is 11.7 Å². The highest BCUT2D eigenvalue weighted by molar-refractivity contribution is 5.59. The Balaban J connectivity index is 1.95. The van der Waals surface area contributed by atoms with Gasteiger partial charge >= 0.3 is 0 Å². The Hall–Kier alpha value is -2.66. The molecule has 2 aromatic carbocycles. The van der Waals surface area contributed by atoms with Crippen LogP contribution >= 0.6 is 0 Å². The van der Waals surface area contributed by atoms with E-state index in [4.69, 9.17) is 10.5 Å². The molecule has 124 valence electrons. The maximum atomic E-state index is 13.1. The molecule has 3 aromatic rings. The van der Waals surface area contributed by atoms with Crippen LogP contribution in [0, 0.1) is 5.82 Å². The standard InChI is InChI=1S/C19H20FN3O/c1-23-19(11-18(22-23)14-3-7-15(20)8-4-14)17(12-21)13-5-9-16(24-2)10-6-13/h3-11,17H,12,21H2,1-2H3. The van der Waals surface area contributed by atoms with Gasteiger partial charge < -0.3 is 10.5 Å². The van der Waals surface area contributed by atoms with Crippen molar-refractivity contribution in [1.82, 2.24) is 9.78 Å². The highest BCUT2D eigenvalue weighted by Crippen LogP contribution is 2.28. The zero-order valence-corrected chi connectivity index (χ0v) is 13.7. The Kier molecular flexibility index (Phi) is 4.62.